The zero-order chi connectivity index (χ0) is 13.7. The number of hydrogen-bond acceptors (Lipinski definition) is 2. The molecule has 1 aromatic carbocycles. The maximum absolute atomic E-state index is 5.23. The molecule has 1 aromatic rings. The average molecular weight is 326 g/mol. The second-order valence-electron chi connectivity index (χ2n) is 5.57. The highest BCUT2D eigenvalue weighted by Crippen LogP contribution is 2.32. The van der Waals surface area contributed by atoms with Gasteiger partial charge in [0.15, 0.2) is 0 Å². The summed E-state index contributed by atoms with van der Waals surface area (Å²) in [7, 11) is 1.78. The molecule has 1 aliphatic carbocycles. The third kappa shape index (κ3) is 4.59. The molecule has 0 radical (unpaired) electrons. The molecule has 0 amide bonds. The lowest BCUT2D eigenvalue weighted by molar-refractivity contribution is 0.173. The van der Waals surface area contributed by atoms with Crippen molar-refractivity contribution in [2.45, 2.75) is 38.1 Å². The van der Waals surface area contributed by atoms with E-state index in [0.29, 0.717) is 11.8 Å². The summed E-state index contributed by atoms with van der Waals surface area (Å²) in [6, 6.07) is 9.36. The number of methoxy groups -OCH3 is 1. The van der Waals surface area contributed by atoms with Crippen molar-refractivity contribution < 1.29 is 4.74 Å². The van der Waals surface area contributed by atoms with Crippen LogP contribution < -0.4 is 5.32 Å². The highest BCUT2D eigenvalue weighted by molar-refractivity contribution is 9.10. The van der Waals surface area contributed by atoms with E-state index < -0.39 is 0 Å². The summed E-state index contributed by atoms with van der Waals surface area (Å²) in [6.07, 6.45) is 3.79. The molecule has 1 fully saturated rings. The molecule has 0 saturated heterocycles. The third-order valence-corrected chi connectivity index (χ3v) is 4.69. The summed E-state index contributed by atoms with van der Waals surface area (Å²) in [5, 5.41) is 3.68. The van der Waals surface area contributed by atoms with Crippen molar-refractivity contribution in [2.75, 3.05) is 20.3 Å². The fourth-order valence-electron chi connectivity index (χ4n) is 2.48. The van der Waals surface area contributed by atoms with Crippen molar-refractivity contribution in [1.29, 1.82) is 0 Å². The molecule has 0 bridgehead atoms. The lowest BCUT2D eigenvalue weighted by Gasteiger charge is -2.26. The van der Waals surface area contributed by atoms with Gasteiger partial charge >= 0.3 is 0 Å². The summed E-state index contributed by atoms with van der Waals surface area (Å²) in [4.78, 5) is 0. The summed E-state index contributed by atoms with van der Waals surface area (Å²) in [5.74, 6) is 1.16. The predicted molar refractivity (Wildman–Crippen MR) is 83.6 cm³/mol. The second-order valence-corrected chi connectivity index (χ2v) is 6.42. The van der Waals surface area contributed by atoms with Crippen molar-refractivity contribution in [3.05, 3.63) is 34.3 Å². The zero-order valence-corrected chi connectivity index (χ0v) is 13.4. The summed E-state index contributed by atoms with van der Waals surface area (Å²) < 4.78 is 6.46. The number of benzene rings is 1. The number of nitrogens with one attached hydrogen (secondary N) is 1. The Morgan fingerprint density at radius 1 is 1.37 bits per heavy atom. The predicted octanol–water partition coefficient (Wildman–Crippen LogP) is 3.96. The van der Waals surface area contributed by atoms with Crippen LogP contribution in [0.5, 0.6) is 0 Å². The van der Waals surface area contributed by atoms with Crippen LogP contribution in [0.2, 0.25) is 0 Å². The van der Waals surface area contributed by atoms with Crippen LogP contribution in [0.3, 0.4) is 0 Å². The molecule has 0 aliphatic heterocycles. The van der Waals surface area contributed by atoms with Gasteiger partial charge in [-0.25, -0.2) is 0 Å². The van der Waals surface area contributed by atoms with E-state index in [4.69, 9.17) is 4.74 Å². The first-order chi connectivity index (χ1) is 9.22. The highest BCUT2D eigenvalue weighted by Gasteiger charge is 2.25. The van der Waals surface area contributed by atoms with E-state index in [9.17, 15) is 0 Å². The molecule has 19 heavy (non-hydrogen) atoms. The van der Waals surface area contributed by atoms with Crippen LogP contribution in [-0.4, -0.2) is 26.3 Å². The van der Waals surface area contributed by atoms with Crippen LogP contribution >= 0.6 is 15.9 Å². The quantitative estimate of drug-likeness (QED) is 0.781. The first kappa shape index (κ1) is 15.0. The van der Waals surface area contributed by atoms with Crippen molar-refractivity contribution in [1.82, 2.24) is 5.32 Å². The molecule has 2 nitrogen and oxygen atoms in total. The smallest absolute Gasteiger partial charge is 0.0465 e. The van der Waals surface area contributed by atoms with Gasteiger partial charge in [-0.05, 0) is 36.8 Å². The molecular formula is C16H24BrNO. The second kappa shape index (κ2) is 7.41. The Balaban J connectivity index is 2.05. The van der Waals surface area contributed by atoms with E-state index in [1.165, 1.54) is 22.9 Å². The van der Waals surface area contributed by atoms with E-state index in [1.807, 2.05) is 0 Å². The van der Waals surface area contributed by atoms with Crippen molar-refractivity contribution >= 4 is 15.9 Å². The van der Waals surface area contributed by atoms with E-state index in [2.05, 4.69) is 52.4 Å². The standard InChI is InChI=1S/C16H24BrNO/c1-12(9-10-19-2)15(11-18-13-7-8-13)14-5-3-4-6-16(14)17/h3-6,12-13,15,18H,7-11H2,1-2H3. The van der Waals surface area contributed by atoms with Gasteiger partial charge < -0.3 is 10.1 Å². The molecule has 0 aromatic heterocycles. The topological polar surface area (TPSA) is 21.3 Å². The van der Waals surface area contributed by atoms with Gasteiger partial charge in [0.2, 0.25) is 0 Å². The maximum Gasteiger partial charge on any atom is 0.0465 e. The van der Waals surface area contributed by atoms with Gasteiger partial charge in [-0.2, -0.15) is 0 Å². The minimum absolute atomic E-state index is 0.548. The summed E-state index contributed by atoms with van der Waals surface area (Å²) in [5.41, 5.74) is 1.42. The molecule has 1 N–H and O–H groups in total. The van der Waals surface area contributed by atoms with Gasteiger partial charge in [0.05, 0.1) is 0 Å². The maximum atomic E-state index is 5.23. The lowest BCUT2D eigenvalue weighted by Crippen LogP contribution is -2.28. The minimum Gasteiger partial charge on any atom is -0.385 e. The summed E-state index contributed by atoms with van der Waals surface area (Å²) >= 11 is 3.70. The molecule has 2 unspecified atom stereocenters. The fourth-order valence-corrected chi connectivity index (χ4v) is 3.06. The van der Waals surface area contributed by atoms with Crippen LogP contribution in [0, 0.1) is 5.92 Å². The molecule has 2 atom stereocenters. The Kier molecular flexibility index (Phi) is 5.86. The molecule has 0 spiro atoms. The first-order valence-electron chi connectivity index (χ1n) is 7.19. The van der Waals surface area contributed by atoms with Crippen LogP contribution in [0.25, 0.3) is 0 Å². The molecule has 3 heteroatoms. The molecular weight excluding hydrogens is 302 g/mol. The molecule has 2 rings (SSSR count). The fraction of sp³-hybridized carbons (Fsp3) is 0.625. The lowest BCUT2D eigenvalue weighted by atomic mass is 9.85. The van der Waals surface area contributed by atoms with Crippen molar-refractivity contribution in [2.24, 2.45) is 5.92 Å². The van der Waals surface area contributed by atoms with E-state index in [1.54, 1.807) is 7.11 Å². The monoisotopic (exact) mass is 325 g/mol. The normalized spacial score (nSPS) is 18.3. The Bertz CT molecular complexity index is 392. The number of halogens is 1. The van der Waals surface area contributed by atoms with Crippen LogP contribution in [0.1, 0.15) is 37.7 Å². The van der Waals surface area contributed by atoms with Gasteiger partial charge in [0.25, 0.3) is 0 Å². The minimum atomic E-state index is 0.548. The Morgan fingerprint density at radius 2 is 2.11 bits per heavy atom. The number of hydrogen-bond donors (Lipinski definition) is 1. The molecule has 0 heterocycles. The number of ether oxygens (including phenoxy) is 1. The number of rotatable bonds is 8. The molecule has 1 aliphatic rings. The molecule has 1 saturated carbocycles. The van der Waals surface area contributed by atoms with Gasteiger partial charge in [0, 0.05) is 36.7 Å². The largest absolute Gasteiger partial charge is 0.385 e. The van der Waals surface area contributed by atoms with Crippen LogP contribution in [0.15, 0.2) is 28.7 Å². The van der Waals surface area contributed by atoms with Gasteiger partial charge in [-0.1, -0.05) is 41.1 Å². The van der Waals surface area contributed by atoms with E-state index >= 15 is 0 Å². The SMILES string of the molecule is COCCC(C)C(CNC1CC1)c1ccccc1Br. The van der Waals surface area contributed by atoms with E-state index in [0.717, 1.165) is 25.6 Å². The van der Waals surface area contributed by atoms with Crippen molar-refractivity contribution in [3.8, 4) is 0 Å². The third-order valence-electron chi connectivity index (χ3n) is 3.97. The summed E-state index contributed by atoms with van der Waals surface area (Å²) in [6.45, 7) is 4.24. The Hall–Kier alpha value is -0.380. The Morgan fingerprint density at radius 3 is 2.74 bits per heavy atom. The van der Waals surface area contributed by atoms with Gasteiger partial charge in [-0.3, -0.25) is 0 Å². The van der Waals surface area contributed by atoms with Gasteiger partial charge in [0.1, 0.15) is 0 Å². The van der Waals surface area contributed by atoms with Crippen molar-refractivity contribution in [3.63, 3.8) is 0 Å². The zero-order valence-electron chi connectivity index (χ0n) is 11.9. The first-order valence-corrected chi connectivity index (χ1v) is 7.98. The van der Waals surface area contributed by atoms with E-state index in [-0.39, 0.29) is 0 Å². The van der Waals surface area contributed by atoms with Gasteiger partial charge in [-0.15, -0.1) is 0 Å². The highest BCUT2D eigenvalue weighted by atomic mass is 79.9. The van der Waals surface area contributed by atoms with Crippen LogP contribution in [0.4, 0.5) is 0 Å². The van der Waals surface area contributed by atoms with Crippen LogP contribution in [-0.2, 0) is 4.74 Å². The molecule has 106 valence electrons. The Labute approximate surface area is 125 Å². The average Bonchev–Trinajstić information content (AvgIpc) is 3.22.